The van der Waals surface area contributed by atoms with E-state index >= 15 is 0 Å². The first-order chi connectivity index (χ1) is 6.65. The lowest BCUT2D eigenvalue weighted by Gasteiger charge is -2.25. The van der Waals surface area contributed by atoms with Crippen LogP contribution in [0, 0.1) is 0 Å². The number of carbonyl (C=O) groups excluding carboxylic acids is 3. The van der Waals surface area contributed by atoms with Crippen LogP contribution in [0.3, 0.4) is 0 Å². The first kappa shape index (κ1) is 10.7. The van der Waals surface area contributed by atoms with Gasteiger partial charge in [-0.25, -0.2) is 0 Å². The second kappa shape index (κ2) is 4.74. The van der Waals surface area contributed by atoms with Crippen molar-refractivity contribution >= 4 is 18.1 Å². The highest BCUT2D eigenvalue weighted by Gasteiger charge is 2.25. The minimum Gasteiger partial charge on any atom is -0.354 e. The molecule has 1 fully saturated rings. The number of hydrogen-bond acceptors (Lipinski definition) is 3. The van der Waals surface area contributed by atoms with Crippen LogP contribution in [-0.4, -0.2) is 42.1 Å². The maximum Gasteiger partial charge on any atom is 0.232 e. The standard InChI is InChI=1S/C9H14N2O3/c1-7-6-10-8(13)5-9(14)11(7)3-2-4-12/h4,7H,2-3,5-6H2,1H3,(H,10,13). The van der Waals surface area contributed by atoms with Gasteiger partial charge in [-0.15, -0.1) is 0 Å². The molecule has 1 heterocycles. The summed E-state index contributed by atoms with van der Waals surface area (Å²) in [6.45, 7) is 2.72. The molecule has 2 amide bonds. The zero-order valence-corrected chi connectivity index (χ0v) is 8.16. The zero-order valence-electron chi connectivity index (χ0n) is 8.16. The number of aldehydes is 1. The van der Waals surface area contributed by atoms with E-state index in [9.17, 15) is 14.4 Å². The van der Waals surface area contributed by atoms with Gasteiger partial charge in [-0.05, 0) is 6.92 Å². The van der Waals surface area contributed by atoms with Gasteiger partial charge < -0.3 is 15.0 Å². The Bertz CT molecular complexity index is 252. The van der Waals surface area contributed by atoms with E-state index in [1.807, 2.05) is 6.92 Å². The monoisotopic (exact) mass is 198 g/mol. The third kappa shape index (κ3) is 2.55. The Morgan fingerprint density at radius 1 is 1.57 bits per heavy atom. The molecule has 78 valence electrons. The summed E-state index contributed by atoms with van der Waals surface area (Å²) in [6, 6.07) is -0.0334. The Balaban J connectivity index is 2.63. The van der Waals surface area contributed by atoms with Crippen LogP contribution in [0.4, 0.5) is 0 Å². The quantitative estimate of drug-likeness (QED) is 0.482. The Labute approximate surface area is 82.4 Å². The third-order valence-corrected chi connectivity index (χ3v) is 2.25. The zero-order chi connectivity index (χ0) is 10.6. The Morgan fingerprint density at radius 3 is 2.93 bits per heavy atom. The van der Waals surface area contributed by atoms with Gasteiger partial charge in [-0.1, -0.05) is 0 Å². The van der Waals surface area contributed by atoms with Gasteiger partial charge in [-0.2, -0.15) is 0 Å². The van der Waals surface area contributed by atoms with Gasteiger partial charge in [0.15, 0.2) is 0 Å². The minimum absolute atomic E-state index is 0.0334. The summed E-state index contributed by atoms with van der Waals surface area (Å²) in [5.41, 5.74) is 0. The summed E-state index contributed by atoms with van der Waals surface area (Å²) < 4.78 is 0. The van der Waals surface area contributed by atoms with Crippen LogP contribution < -0.4 is 5.32 Å². The van der Waals surface area contributed by atoms with Crippen molar-refractivity contribution in [2.45, 2.75) is 25.8 Å². The number of amides is 2. The first-order valence-corrected chi connectivity index (χ1v) is 4.65. The third-order valence-electron chi connectivity index (χ3n) is 2.25. The molecule has 0 spiro atoms. The smallest absolute Gasteiger partial charge is 0.232 e. The molecular weight excluding hydrogens is 184 g/mol. The summed E-state index contributed by atoms with van der Waals surface area (Å²) in [6.07, 6.45) is 0.994. The second-order valence-electron chi connectivity index (χ2n) is 3.37. The minimum atomic E-state index is -0.240. The molecular formula is C9H14N2O3. The van der Waals surface area contributed by atoms with Crippen molar-refractivity contribution in [1.82, 2.24) is 10.2 Å². The van der Waals surface area contributed by atoms with E-state index in [0.29, 0.717) is 19.5 Å². The Kier molecular flexibility index (Phi) is 3.62. The molecule has 1 unspecified atom stereocenters. The van der Waals surface area contributed by atoms with Crippen LogP contribution in [0.1, 0.15) is 19.8 Å². The maximum atomic E-state index is 11.5. The molecule has 1 rings (SSSR count). The van der Waals surface area contributed by atoms with Gasteiger partial charge >= 0.3 is 0 Å². The van der Waals surface area contributed by atoms with Crippen LogP contribution in [-0.2, 0) is 14.4 Å². The van der Waals surface area contributed by atoms with Crippen LogP contribution >= 0.6 is 0 Å². The lowest BCUT2D eigenvalue weighted by molar-refractivity contribution is -0.135. The molecule has 0 aromatic rings. The van der Waals surface area contributed by atoms with E-state index in [0.717, 1.165) is 6.29 Å². The SMILES string of the molecule is CC1CNC(=O)CC(=O)N1CCC=O. The lowest BCUT2D eigenvalue weighted by Crippen LogP contribution is -2.41. The molecule has 1 saturated heterocycles. The highest BCUT2D eigenvalue weighted by Crippen LogP contribution is 2.06. The molecule has 14 heavy (non-hydrogen) atoms. The molecule has 1 aliphatic heterocycles. The topological polar surface area (TPSA) is 66.5 Å². The van der Waals surface area contributed by atoms with E-state index < -0.39 is 0 Å². The summed E-state index contributed by atoms with van der Waals surface area (Å²) in [5, 5.41) is 2.64. The second-order valence-corrected chi connectivity index (χ2v) is 3.37. The van der Waals surface area contributed by atoms with Crippen molar-refractivity contribution in [3.8, 4) is 0 Å². The molecule has 0 saturated carbocycles. The molecule has 1 atom stereocenters. The molecule has 0 aliphatic carbocycles. The number of hydrogen-bond donors (Lipinski definition) is 1. The van der Waals surface area contributed by atoms with Gasteiger partial charge in [0.05, 0.1) is 0 Å². The normalized spacial score (nSPS) is 22.9. The van der Waals surface area contributed by atoms with Gasteiger partial charge in [0, 0.05) is 25.6 Å². The van der Waals surface area contributed by atoms with E-state index in [1.165, 1.54) is 0 Å². The van der Waals surface area contributed by atoms with Crippen LogP contribution in [0.25, 0.3) is 0 Å². The molecule has 0 bridgehead atoms. The highest BCUT2D eigenvalue weighted by atomic mass is 16.2. The molecule has 1 aliphatic rings. The van der Waals surface area contributed by atoms with Crippen molar-refractivity contribution in [2.24, 2.45) is 0 Å². The van der Waals surface area contributed by atoms with Gasteiger partial charge in [-0.3, -0.25) is 9.59 Å². The highest BCUT2D eigenvalue weighted by molar-refractivity contribution is 5.97. The molecule has 5 heteroatoms. The number of nitrogens with one attached hydrogen (secondary N) is 1. The van der Waals surface area contributed by atoms with Crippen molar-refractivity contribution < 1.29 is 14.4 Å². The fourth-order valence-electron chi connectivity index (χ4n) is 1.46. The van der Waals surface area contributed by atoms with E-state index in [2.05, 4.69) is 5.32 Å². The Morgan fingerprint density at radius 2 is 2.29 bits per heavy atom. The fraction of sp³-hybridized carbons (Fsp3) is 0.667. The molecule has 0 radical (unpaired) electrons. The van der Waals surface area contributed by atoms with E-state index in [-0.39, 0.29) is 24.3 Å². The summed E-state index contributed by atoms with van der Waals surface area (Å²) in [4.78, 5) is 34.3. The summed E-state index contributed by atoms with van der Waals surface area (Å²) in [5.74, 6) is -0.440. The van der Waals surface area contributed by atoms with Gasteiger partial charge in [0.25, 0.3) is 0 Å². The van der Waals surface area contributed by atoms with Crippen molar-refractivity contribution in [2.75, 3.05) is 13.1 Å². The van der Waals surface area contributed by atoms with Crippen molar-refractivity contribution in [3.63, 3.8) is 0 Å². The Hall–Kier alpha value is -1.39. The summed E-state index contributed by atoms with van der Waals surface area (Å²) in [7, 11) is 0. The predicted molar refractivity (Wildman–Crippen MR) is 49.5 cm³/mol. The molecule has 0 aromatic carbocycles. The van der Waals surface area contributed by atoms with Crippen LogP contribution in [0.2, 0.25) is 0 Å². The van der Waals surface area contributed by atoms with Gasteiger partial charge in [0.2, 0.25) is 11.8 Å². The van der Waals surface area contributed by atoms with E-state index in [4.69, 9.17) is 0 Å². The van der Waals surface area contributed by atoms with Crippen LogP contribution in [0.15, 0.2) is 0 Å². The predicted octanol–water partition coefficient (Wildman–Crippen LogP) is -0.688. The van der Waals surface area contributed by atoms with Crippen molar-refractivity contribution in [1.29, 1.82) is 0 Å². The largest absolute Gasteiger partial charge is 0.354 e. The van der Waals surface area contributed by atoms with E-state index in [1.54, 1.807) is 4.90 Å². The average molecular weight is 198 g/mol. The summed E-state index contributed by atoms with van der Waals surface area (Å²) >= 11 is 0. The number of carbonyl (C=O) groups is 3. The average Bonchev–Trinajstić information content (AvgIpc) is 2.25. The van der Waals surface area contributed by atoms with Gasteiger partial charge in [0.1, 0.15) is 12.7 Å². The fourth-order valence-corrected chi connectivity index (χ4v) is 1.46. The molecule has 1 N–H and O–H groups in total. The molecule has 5 nitrogen and oxygen atoms in total. The molecule has 0 aromatic heterocycles. The lowest BCUT2D eigenvalue weighted by atomic mass is 10.2. The van der Waals surface area contributed by atoms with Crippen molar-refractivity contribution in [3.05, 3.63) is 0 Å². The first-order valence-electron chi connectivity index (χ1n) is 4.65. The number of nitrogens with zero attached hydrogens (tertiary/aromatic N) is 1. The number of rotatable bonds is 3. The maximum absolute atomic E-state index is 11.5. The van der Waals surface area contributed by atoms with Crippen LogP contribution in [0.5, 0.6) is 0 Å².